The van der Waals surface area contributed by atoms with E-state index >= 15 is 0 Å². The molecule has 0 bridgehead atoms. The van der Waals surface area contributed by atoms with Crippen LogP contribution in [0.25, 0.3) is 0 Å². The molecule has 0 spiro atoms. The first-order valence-corrected chi connectivity index (χ1v) is 10.9. The lowest BCUT2D eigenvalue weighted by atomic mass is 9.98. The van der Waals surface area contributed by atoms with Crippen LogP contribution in [0.4, 0.5) is 10.2 Å². The molecule has 2 aromatic heterocycles. The number of rotatable bonds is 9. The Morgan fingerprint density at radius 3 is 2.50 bits per heavy atom. The van der Waals surface area contributed by atoms with Crippen LogP contribution in [0.1, 0.15) is 37.5 Å². The standard InChI is InChI=1S/C23H21ClFN3O3.C2H7N/c1-15-17(10-16-5-6-19(14-30)27-12-16)11-18(13-29)22(21(15)24)31-9-8-28(2)23-20(25)4-3-7-26-23;1-3-2/h3-7,11-14H,8-10H2,1-2H3;3H,1-2H3. The van der Waals surface area contributed by atoms with Gasteiger partial charge in [-0.3, -0.25) is 14.6 Å². The Balaban J connectivity index is 0.00000129. The molecular weight excluding hydrogens is 459 g/mol. The van der Waals surface area contributed by atoms with Crippen LogP contribution in [-0.2, 0) is 6.42 Å². The zero-order valence-corrected chi connectivity index (χ0v) is 20.4. The van der Waals surface area contributed by atoms with Gasteiger partial charge < -0.3 is 15.0 Å². The number of benzene rings is 1. The summed E-state index contributed by atoms with van der Waals surface area (Å²) in [6.07, 6.45) is 5.01. The van der Waals surface area contributed by atoms with Gasteiger partial charge in [-0.15, -0.1) is 0 Å². The van der Waals surface area contributed by atoms with E-state index in [1.807, 2.05) is 27.1 Å². The van der Waals surface area contributed by atoms with Crippen molar-refractivity contribution in [3.63, 3.8) is 0 Å². The molecule has 0 aliphatic heterocycles. The number of anilines is 1. The minimum absolute atomic E-state index is 0.183. The number of hydrogen-bond acceptors (Lipinski definition) is 7. The summed E-state index contributed by atoms with van der Waals surface area (Å²) >= 11 is 6.52. The summed E-state index contributed by atoms with van der Waals surface area (Å²) in [5.41, 5.74) is 3.20. The topological polar surface area (TPSA) is 84.4 Å². The van der Waals surface area contributed by atoms with Gasteiger partial charge in [-0.1, -0.05) is 17.7 Å². The van der Waals surface area contributed by atoms with Crippen molar-refractivity contribution in [2.75, 3.05) is 39.2 Å². The number of hydrogen-bond donors (Lipinski definition) is 1. The Hall–Kier alpha value is -3.36. The summed E-state index contributed by atoms with van der Waals surface area (Å²) in [4.78, 5) is 32.2. The van der Waals surface area contributed by atoms with Gasteiger partial charge in [0.1, 0.15) is 18.1 Å². The fourth-order valence-corrected chi connectivity index (χ4v) is 3.38. The zero-order chi connectivity index (χ0) is 25.1. The van der Waals surface area contributed by atoms with E-state index in [1.54, 1.807) is 30.3 Å². The molecule has 3 rings (SSSR count). The molecule has 34 heavy (non-hydrogen) atoms. The van der Waals surface area contributed by atoms with Crippen molar-refractivity contribution in [1.82, 2.24) is 15.3 Å². The number of carbonyl (C=O) groups excluding carboxylic acids is 2. The second-order valence-corrected chi connectivity index (χ2v) is 7.85. The van der Waals surface area contributed by atoms with E-state index in [9.17, 15) is 14.0 Å². The van der Waals surface area contributed by atoms with Gasteiger partial charge in [-0.05, 0) is 68.4 Å². The number of ether oxygens (including phenoxy) is 1. The molecule has 0 fully saturated rings. The Morgan fingerprint density at radius 2 is 1.91 bits per heavy atom. The molecule has 1 aromatic carbocycles. The molecule has 3 aromatic rings. The molecule has 0 radical (unpaired) electrons. The van der Waals surface area contributed by atoms with Gasteiger partial charge in [0.05, 0.1) is 17.1 Å². The molecule has 9 heteroatoms. The number of halogens is 2. The molecule has 0 unspecified atom stereocenters. The number of aldehydes is 2. The molecule has 0 saturated heterocycles. The first-order chi connectivity index (χ1) is 16.4. The highest BCUT2D eigenvalue weighted by Gasteiger charge is 2.17. The normalized spacial score (nSPS) is 10.2. The summed E-state index contributed by atoms with van der Waals surface area (Å²) in [5, 5.41) is 3.10. The molecule has 2 heterocycles. The molecular formula is C25H28ClFN4O3. The van der Waals surface area contributed by atoms with Crippen LogP contribution in [0, 0.1) is 12.7 Å². The third-order valence-corrected chi connectivity index (χ3v) is 5.32. The minimum atomic E-state index is -0.424. The van der Waals surface area contributed by atoms with E-state index in [0.29, 0.717) is 47.6 Å². The summed E-state index contributed by atoms with van der Waals surface area (Å²) in [5.74, 6) is 0.0863. The average Bonchev–Trinajstić information content (AvgIpc) is 2.84. The summed E-state index contributed by atoms with van der Waals surface area (Å²) in [6.45, 7) is 2.38. The Bertz CT molecular complexity index is 1110. The first kappa shape index (κ1) is 26.9. The van der Waals surface area contributed by atoms with Gasteiger partial charge in [-0.25, -0.2) is 9.37 Å². The number of nitrogens with zero attached hydrogens (tertiary/aromatic N) is 3. The quantitative estimate of drug-likeness (QED) is 0.455. The Labute approximate surface area is 203 Å². The van der Waals surface area contributed by atoms with Crippen molar-refractivity contribution in [1.29, 1.82) is 0 Å². The average molecular weight is 487 g/mol. The lowest BCUT2D eigenvalue weighted by molar-refractivity contribution is 0.111. The highest BCUT2D eigenvalue weighted by atomic mass is 35.5. The number of carbonyl (C=O) groups is 2. The van der Waals surface area contributed by atoms with Crippen molar-refractivity contribution >= 4 is 30.0 Å². The summed E-state index contributed by atoms with van der Waals surface area (Å²) in [7, 11) is 5.45. The van der Waals surface area contributed by atoms with E-state index in [2.05, 4.69) is 15.3 Å². The fraction of sp³-hybridized carbons (Fsp3) is 0.280. The third-order valence-electron chi connectivity index (χ3n) is 4.87. The van der Waals surface area contributed by atoms with E-state index in [1.165, 1.54) is 18.3 Å². The first-order valence-electron chi connectivity index (χ1n) is 10.6. The van der Waals surface area contributed by atoms with E-state index in [4.69, 9.17) is 16.3 Å². The molecule has 0 atom stereocenters. The SMILES string of the molecule is CNC.Cc1c(Cc2ccc(C=O)nc2)cc(C=O)c(OCCN(C)c2ncccc2F)c1Cl. The van der Waals surface area contributed by atoms with E-state index in [0.717, 1.165) is 16.7 Å². The van der Waals surface area contributed by atoms with Gasteiger partial charge in [0, 0.05) is 19.4 Å². The summed E-state index contributed by atoms with van der Waals surface area (Å²) in [6, 6.07) is 8.04. The molecule has 1 N–H and O–H groups in total. The van der Waals surface area contributed by atoms with Crippen molar-refractivity contribution < 1.29 is 18.7 Å². The van der Waals surface area contributed by atoms with Gasteiger partial charge in [0.25, 0.3) is 0 Å². The largest absolute Gasteiger partial charge is 0.489 e. The Morgan fingerprint density at radius 1 is 1.18 bits per heavy atom. The maximum absolute atomic E-state index is 13.9. The molecule has 0 aliphatic carbocycles. The smallest absolute Gasteiger partial charge is 0.168 e. The van der Waals surface area contributed by atoms with E-state index < -0.39 is 5.82 Å². The van der Waals surface area contributed by atoms with Gasteiger partial charge in [0.2, 0.25) is 0 Å². The van der Waals surface area contributed by atoms with Crippen LogP contribution in [-0.4, -0.2) is 56.8 Å². The maximum Gasteiger partial charge on any atom is 0.168 e. The maximum atomic E-state index is 13.9. The molecule has 180 valence electrons. The van der Waals surface area contributed by atoms with Gasteiger partial charge in [-0.2, -0.15) is 0 Å². The van der Waals surface area contributed by atoms with Crippen LogP contribution in [0.15, 0.2) is 42.7 Å². The zero-order valence-electron chi connectivity index (χ0n) is 19.6. The van der Waals surface area contributed by atoms with Crippen molar-refractivity contribution in [3.8, 4) is 5.75 Å². The van der Waals surface area contributed by atoms with Crippen LogP contribution in [0.5, 0.6) is 5.75 Å². The molecule has 0 saturated carbocycles. The molecule has 7 nitrogen and oxygen atoms in total. The summed E-state index contributed by atoms with van der Waals surface area (Å²) < 4.78 is 19.7. The van der Waals surface area contributed by atoms with E-state index in [-0.39, 0.29) is 12.4 Å². The molecule has 0 aliphatic rings. The highest BCUT2D eigenvalue weighted by Crippen LogP contribution is 2.34. The Kier molecular flexibility index (Phi) is 10.6. The second-order valence-electron chi connectivity index (χ2n) is 7.48. The minimum Gasteiger partial charge on any atom is -0.489 e. The van der Waals surface area contributed by atoms with Crippen LogP contribution in [0.2, 0.25) is 5.02 Å². The fourth-order valence-electron chi connectivity index (χ4n) is 3.10. The number of aromatic nitrogens is 2. The van der Waals surface area contributed by atoms with Crippen LogP contribution in [0.3, 0.4) is 0 Å². The lowest BCUT2D eigenvalue weighted by Gasteiger charge is -2.20. The number of likely N-dealkylation sites (N-methyl/N-ethyl adjacent to an activating group) is 1. The number of nitrogens with one attached hydrogen (secondary N) is 1. The predicted octanol–water partition coefficient (Wildman–Crippen LogP) is 4.14. The van der Waals surface area contributed by atoms with Crippen LogP contribution < -0.4 is 15.0 Å². The third kappa shape index (κ3) is 7.07. The second kappa shape index (κ2) is 13.4. The monoisotopic (exact) mass is 486 g/mol. The molecule has 0 amide bonds. The van der Waals surface area contributed by atoms with Gasteiger partial charge >= 0.3 is 0 Å². The lowest BCUT2D eigenvalue weighted by Crippen LogP contribution is -2.25. The van der Waals surface area contributed by atoms with Gasteiger partial charge in [0.15, 0.2) is 24.2 Å². The highest BCUT2D eigenvalue weighted by molar-refractivity contribution is 6.33. The van der Waals surface area contributed by atoms with Crippen molar-refractivity contribution in [3.05, 3.63) is 81.5 Å². The predicted molar refractivity (Wildman–Crippen MR) is 132 cm³/mol. The van der Waals surface area contributed by atoms with Crippen molar-refractivity contribution in [2.24, 2.45) is 0 Å². The number of pyridine rings is 2. The van der Waals surface area contributed by atoms with Crippen LogP contribution >= 0.6 is 11.6 Å². The van der Waals surface area contributed by atoms with Crippen molar-refractivity contribution in [2.45, 2.75) is 13.3 Å².